The molecule has 110 valence electrons. The van der Waals surface area contributed by atoms with Crippen LogP contribution < -0.4 is 0 Å². The molecule has 0 aliphatic heterocycles. The van der Waals surface area contributed by atoms with Crippen LogP contribution in [0, 0.1) is 6.92 Å². The first-order chi connectivity index (χ1) is 10.6. The van der Waals surface area contributed by atoms with Crippen molar-refractivity contribution < 1.29 is 4.79 Å². The molecule has 0 amide bonds. The monoisotopic (exact) mass is 309 g/mol. The molecule has 1 aromatic heterocycles. The van der Waals surface area contributed by atoms with E-state index >= 15 is 0 Å². The molecule has 1 heterocycles. The van der Waals surface area contributed by atoms with Crippen LogP contribution in [0.4, 0.5) is 0 Å². The average Bonchev–Trinajstić information content (AvgIpc) is 2.86. The number of halogens is 1. The van der Waals surface area contributed by atoms with Gasteiger partial charge in [-0.2, -0.15) is 0 Å². The first kappa shape index (κ1) is 14.6. The zero-order valence-electron chi connectivity index (χ0n) is 12.5. The van der Waals surface area contributed by atoms with Crippen LogP contribution in [0.5, 0.6) is 0 Å². The van der Waals surface area contributed by atoms with Gasteiger partial charge in [0.15, 0.2) is 5.78 Å². The van der Waals surface area contributed by atoms with Crippen LogP contribution in [0.1, 0.15) is 23.0 Å². The third-order valence-corrected chi connectivity index (χ3v) is 4.01. The number of hydrogen-bond acceptors (Lipinski definition) is 1. The number of carbonyl (C=O) groups excluding carboxylic acids is 1. The smallest absolute Gasteiger partial charge is 0.162 e. The maximum Gasteiger partial charge on any atom is 0.162 e. The molecule has 2 nitrogen and oxygen atoms in total. The van der Waals surface area contributed by atoms with Gasteiger partial charge in [0.1, 0.15) is 0 Å². The van der Waals surface area contributed by atoms with E-state index in [0.717, 1.165) is 28.1 Å². The van der Waals surface area contributed by atoms with Gasteiger partial charge in [0, 0.05) is 33.7 Å². The minimum atomic E-state index is 0.0668. The van der Waals surface area contributed by atoms with Gasteiger partial charge in [-0.15, -0.1) is 0 Å². The Morgan fingerprint density at radius 1 is 1.05 bits per heavy atom. The van der Waals surface area contributed by atoms with Gasteiger partial charge in [-0.3, -0.25) is 4.79 Å². The molecule has 3 rings (SSSR count). The van der Waals surface area contributed by atoms with Crippen molar-refractivity contribution in [1.82, 2.24) is 4.57 Å². The Balaban J connectivity index is 2.24. The van der Waals surface area contributed by atoms with E-state index in [9.17, 15) is 4.79 Å². The Morgan fingerprint density at radius 2 is 1.77 bits per heavy atom. The molecule has 3 aromatic rings. The molecule has 22 heavy (non-hydrogen) atoms. The van der Waals surface area contributed by atoms with Crippen molar-refractivity contribution in [2.45, 2.75) is 13.8 Å². The topological polar surface area (TPSA) is 22.0 Å². The molecule has 0 fully saturated rings. The Hall–Kier alpha value is -2.32. The lowest BCUT2D eigenvalue weighted by Crippen LogP contribution is -1.99. The highest BCUT2D eigenvalue weighted by atomic mass is 35.5. The Labute approximate surface area is 135 Å². The third-order valence-electron chi connectivity index (χ3n) is 3.77. The normalized spacial score (nSPS) is 10.7. The quantitative estimate of drug-likeness (QED) is 0.601. The average molecular weight is 310 g/mol. The second-order valence-electron chi connectivity index (χ2n) is 5.28. The van der Waals surface area contributed by atoms with Crippen LogP contribution in [-0.4, -0.2) is 10.4 Å². The summed E-state index contributed by atoms with van der Waals surface area (Å²) in [5.41, 5.74) is 4.62. The molecular formula is C19H16ClNO. The highest BCUT2D eigenvalue weighted by Crippen LogP contribution is 2.31. The molecule has 0 bridgehead atoms. The summed E-state index contributed by atoms with van der Waals surface area (Å²) >= 11 is 6.09. The molecule has 0 saturated carbocycles. The SMILES string of the molecule is CC(=O)c1c(-c2ccccc2)cn(-c2cccc(Cl)c2)c1C. The lowest BCUT2D eigenvalue weighted by atomic mass is 10.0. The number of carbonyl (C=O) groups is 1. The first-order valence-corrected chi connectivity index (χ1v) is 7.50. The van der Waals surface area contributed by atoms with E-state index in [4.69, 9.17) is 11.6 Å². The van der Waals surface area contributed by atoms with E-state index in [-0.39, 0.29) is 5.78 Å². The van der Waals surface area contributed by atoms with Crippen LogP contribution in [0.25, 0.3) is 16.8 Å². The van der Waals surface area contributed by atoms with E-state index in [1.54, 1.807) is 6.92 Å². The molecule has 0 unspecified atom stereocenters. The number of hydrogen-bond donors (Lipinski definition) is 0. The van der Waals surface area contributed by atoms with Crippen LogP contribution >= 0.6 is 11.6 Å². The van der Waals surface area contributed by atoms with Crippen molar-refractivity contribution in [3.05, 3.63) is 77.1 Å². The molecule has 2 aromatic carbocycles. The van der Waals surface area contributed by atoms with Crippen LogP contribution in [0.15, 0.2) is 60.8 Å². The lowest BCUT2D eigenvalue weighted by Gasteiger charge is -2.06. The summed E-state index contributed by atoms with van der Waals surface area (Å²) in [6.45, 7) is 3.57. The van der Waals surface area contributed by atoms with Gasteiger partial charge in [0.2, 0.25) is 0 Å². The molecule has 0 N–H and O–H groups in total. The standard InChI is InChI=1S/C19H16ClNO/c1-13-19(14(2)22)18(15-7-4-3-5-8-15)12-21(13)17-10-6-9-16(20)11-17/h3-12H,1-2H3. The van der Waals surface area contributed by atoms with Crippen molar-refractivity contribution in [3.8, 4) is 16.8 Å². The van der Waals surface area contributed by atoms with Gasteiger partial charge in [-0.1, -0.05) is 48.0 Å². The summed E-state index contributed by atoms with van der Waals surface area (Å²) in [6, 6.07) is 17.6. The summed E-state index contributed by atoms with van der Waals surface area (Å²) in [5.74, 6) is 0.0668. The van der Waals surface area contributed by atoms with Gasteiger partial charge in [0.05, 0.1) is 0 Å². The van der Waals surface area contributed by atoms with E-state index in [0.29, 0.717) is 5.02 Å². The van der Waals surface area contributed by atoms with E-state index in [2.05, 4.69) is 0 Å². The minimum Gasteiger partial charge on any atom is -0.320 e. The number of aromatic nitrogens is 1. The summed E-state index contributed by atoms with van der Waals surface area (Å²) in [6.07, 6.45) is 2.01. The molecule has 0 radical (unpaired) electrons. The van der Waals surface area contributed by atoms with Gasteiger partial charge < -0.3 is 4.57 Å². The van der Waals surface area contributed by atoms with Crippen molar-refractivity contribution >= 4 is 17.4 Å². The molecule has 0 saturated heterocycles. The van der Waals surface area contributed by atoms with E-state index in [1.807, 2.05) is 72.3 Å². The number of rotatable bonds is 3. The Bertz CT molecular complexity index is 834. The predicted octanol–water partition coefficient (Wildman–Crippen LogP) is 5.31. The molecule has 0 spiro atoms. The number of Topliss-reactive ketones (excluding diaryl/α,β-unsaturated/α-hetero) is 1. The van der Waals surface area contributed by atoms with Gasteiger partial charge in [0.25, 0.3) is 0 Å². The number of benzene rings is 2. The Morgan fingerprint density at radius 3 is 2.41 bits per heavy atom. The first-order valence-electron chi connectivity index (χ1n) is 7.12. The molecule has 0 aliphatic rings. The largest absolute Gasteiger partial charge is 0.320 e. The minimum absolute atomic E-state index is 0.0668. The van der Waals surface area contributed by atoms with Gasteiger partial charge in [-0.25, -0.2) is 0 Å². The summed E-state index contributed by atoms with van der Waals surface area (Å²) in [5, 5.41) is 0.677. The van der Waals surface area contributed by atoms with Crippen molar-refractivity contribution in [2.24, 2.45) is 0 Å². The van der Waals surface area contributed by atoms with E-state index in [1.165, 1.54) is 0 Å². The summed E-state index contributed by atoms with van der Waals surface area (Å²) in [4.78, 5) is 12.1. The number of ketones is 1. The highest BCUT2D eigenvalue weighted by molar-refractivity contribution is 6.30. The second-order valence-corrected chi connectivity index (χ2v) is 5.71. The van der Waals surface area contributed by atoms with Crippen LogP contribution in [0.2, 0.25) is 5.02 Å². The fourth-order valence-corrected chi connectivity index (χ4v) is 2.97. The zero-order chi connectivity index (χ0) is 15.7. The number of nitrogens with zero attached hydrogens (tertiary/aromatic N) is 1. The third kappa shape index (κ3) is 2.58. The van der Waals surface area contributed by atoms with Crippen LogP contribution in [-0.2, 0) is 0 Å². The molecule has 0 aliphatic carbocycles. The van der Waals surface area contributed by atoms with Crippen molar-refractivity contribution in [3.63, 3.8) is 0 Å². The van der Waals surface area contributed by atoms with Crippen LogP contribution in [0.3, 0.4) is 0 Å². The zero-order valence-corrected chi connectivity index (χ0v) is 13.3. The lowest BCUT2D eigenvalue weighted by molar-refractivity contribution is 0.101. The second kappa shape index (κ2) is 5.82. The predicted molar refractivity (Wildman–Crippen MR) is 91.0 cm³/mol. The molecular weight excluding hydrogens is 294 g/mol. The van der Waals surface area contributed by atoms with Crippen molar-refractivity contribution in [1.29, 1.82) is 0 Å². The molecule has 3 heteroatoms. The molecule has 0 atom stereocenters. The van der Waals surface area contributed by atoms with E-state index < -0.39 is 0 Å². The maximum absolute atomic E-state index is 12.1. The van der Waals surface area contributed by atoms with Gasteiger partial charge in [-0.05, 0) is 37.6 Å². The maximum atomic E-state index is 12.1. The summed E-state index contributed by atoms with van der Waals surface area (Å²) < 4.78 is 2.02. The Kier molecular flexibility index (Phi) is 3.86. The van der Waals surface area contributed by atoms with Gasteiger partial charge >= 0.3 is 0 Å². The summed E-state index contributed by atoms with van der Waals surface area (Å²) in [7, 11) is 0. The highest BCUT2D eigenvalue weighted by Gasteiger charge is 2.18. The fraction of sp³-hybridized carbons (Fsp3) is 0.105. The van der Waals surface area contributed by atoms with Crippen molar-refractivity contribution in [2.75, 3.05) is 0 Å². The fourth-order valence-electron chi connectivity index (χ4n) is 2.78.